The first-order valence-electron chi connectivity index (χ1n) is 8.58. The maximum Gasteiger partial charge on any atom is 0.136 e. The highest BCUT2D eigenvalue weighted by molar-refractivity contribution is 6.16. The van der Waals surface area contributed by atoms with E-state index < -0.39 is 0 Å². The molecule has 2 nitrogen and oxygen atoms in total. The van der Waals surface area contributed by atoms with E-state index in [-0.39, 0.29) is 0 Å². The van der Waals surface area contributed by atoms with Gasteiger partial charge in [-0.2, -0.15) is 0 Å². The number of benzene rings is 3. The van der Waals surface area contributed by atoms with Crippen LogP contribution >= 0.6 is 0 Å². The summed E-state index contributed by atoms with van der Waals surface area (Å²) in [6.07, 6.45) is 2.29. The van der Waals surface area contributed by atoms with Crippen LogP contribution in [0.25, 0.3) is 43.7 Å². The normalized spacial score (nSPS) is 12.1. The van der Waals surface area contributed by atoms with Gasteiger partial charge in [-0.25, -0.2) is 0 Å². The predicted molar refractivity (Wildman–Crippen MR) is 102 cm³/mol. The van der Waals surface area contributed by atoms with Gasteiger partial charge in [-0.1, -0.05) is 37.6 Å². The summed E-state index contributed by atoms with van der Waals surface area (Å²) in [4.78, 5) is 0. The van der Waals surface area contributed by atoms with Gasteiger partial charge >= 0.3 is 0 Å². The van der Waals surface area contributed by atoms with Gasteiger partial charge in [-0.15, -0.1) is 0 Å². The van der Waals surface area contributed by atoms with Crippen LogP contribution in [0, 0.1) is 0 Å². The van der Waals surface area contributed by atoms with E-state index in [2.05, 4.69) is 61.0 Å². The molecule has 0 unspecified atom stereocenters. The summed E-state index contributed by atoms with van der Waals surface area (Å²) < 4.78 is 8.38. The van der Waals surface area contributed by atoms with E-state index in [1.807, 2.05) is 12.1 Å². The number of nitrogens with zero attached hydrogens (tertiary/aromatic N) is 1. The number of fused-ring (bicyclic) bond motifs is 6. The molecule has 3 aromatic carbocycles. The van der Waals surface area contributed by atoms with Crippen molar-refractivity contribution in [2.45, 2.75) is 19.8 Å². The number of rotatable bonds is 2. The number of para-hydroxylation sites is 1. The minimum absolute atomic E-state index is 0.957. The number of hydrogen-bond donors (Lipinski definition) is 0. The average molecular weight is 313 g/mol. The van der Waals surface area contributed by atoms with Crippen LogP contribution in [0.15, 0.2) is 59.0 Å². The Morgan fingerprint density at radius 1 is 0.792 bits per heavy atom. The molecule has 0 radical (unpaired) electrons. The zero-order valence-electron chi connectivity index (χ0n) is 14.0. The lowest BCUT2D eigenvalue weighted by atomic mass is 10.0. The maximum atomic E-state index is 6.09. The summed E-state index contributed by atoms with van der Waals surface area (Å²) in [5, 5.41) is 4.97. The van der Waals surface area contributed by atoms with E-state index in [4.69, 9.17) is 4.42 Å². The first kappa shape index (κ1) is 13.7. The van der Waals surface area contributed by atoms with Crippen molar-refractivity contribution in [3.05, 3.63) is 60.2 Å². The van der Waals surface area contributed by atoms with Crippen LogP contribution in [0.4, 0.5) is 0 Å². The van der Waals surface area contributed by atoms with Gasteiger partial charge in [0, 0.05) is 39.6 Å². The van der Waals surface area contributed by atoms with E-state index >= 15 is 0 Å². The fraction of sp³-hybridized carbons (Fsp3) is 0.182. The lowest BCUT2D eigenvalue weighted by molar-refractivity contribution is 0.669. The summed E-state index contributed by atoms with van der Waals surface area (Å²) in [6, 6.07) is 19.6. The molecule has 24 heavy (non-hydrogen) atoms. The molecule has 118 valence electrons. The second-order valence-corrected chi connectivity index (χ2v) is 6.62. The highest BCUT2D eigenvalue weighted by Gasteiger charge is 2.13. The summed E-state index contributed by atoms with van der Waals surface area (Å²) in [5.74, 6) is 0. The van der Waals surface area contributed by atoms with Gasteiger partial charge in [0.1, 0.15) is 11.2 Å². The van der Waals surface area contributed by atoms with Crippen molar-refractivity contribution in [3.8, 4) is 0 Å². The van der Waals surface area contributed by atoms with Crippen LogP contribution in [0.1, 0.15) is 18.9 Å². The Balaban J connectivity index is 1.93. The molecule has 2 heteroatoms. The Kier molecular flexibility index (Phi) is 2.78. The molecule has 0 amide bonds. The molecule has 0 saturated carbocycles. The standard InChI is InChI=1S/C22H19NO/c1-3-6-14-9-10-19-16(11-14)17-13-22-18(12-20(17)23(19)2)15-7-4-5-8-21(15)24-22/h4-5,7-13H,3,6H2,1-2H3. The Morgan fingerprint density at radius 2 is 1.62 bits per heavy atom. The third-order valence-electron chi connectivity index (χ3n) is 5.11. The predicted octanol–water partition coefficient (Wildman–Crippen LogP) is 6.18. The van der Waals surface area contributed by atoms with Crippen molar-refractivity contribution in [2.75, 3.05) is 0 Å². The highest BCUT2D eigenvalue weighted by atomic mass is 16.3. The second-order valence-electron chi connectivity index (χ2n) is 6.62. The van der Waals surface area contributed by atoms with Gasteiger partial charge in [-0.3, -0.25) is 0 Å². The molecule has 0 aliphatic heterocycles. The van der Waals surface area contributed by atoms with Crippen molar-refractivity contribution in [1.82, 2.24) is 4.57 Å². The minimum atomic E-state index is 0.957. The quantitative estimate of drug-likeness (QED) is 0.380. The first-order valence-corrected chi connectivity index (χ1v) is 8.58. The second kappa shape index (κ2) is 4.88. The number of aromatic nitrogens is 1. The minimum Gasteiger partial charge on any atom is -0.456 e. The Morgan fingerprint density at radius 3 is 2.50 bits per heavy atom. The molecule has 5 rings (SSSR count). The zero-order chi connectivity index (χ0) is 16.3. The molecule has 2 aromatic heterocycles. The van der Waals surface area contributed by atoms with Crippen LogP contribution in [0.5, 0.6) is 0 Å². The molecule has 0 spiro atoms. The van der Waals surface area contributed by atoms with Gasteiger partial charge in [0.2, 0.25) is 0 Å². The molecule has 0 atom stereocenters. The number of furan rings is 1. The van der Waals surface area contributed by atoms with Gasteiger partial charge in [0.05, 0.1) is 0 Å². The molecule has 0 bridgehead atoms. The summed E-state index contributed by atoms with van der Waals surface area (Å²) in [6.45, 7) is 2.23. The van der Waals surface area contributed by atoms with Crippen LogP contribution in [-0.2, 0) is 13.5 Å². The lowest BCUT2D eigenvalue weighted by Crippen LogP contribution is -1.87. The average Bonchev–Trinajstić information content (AvgIpc) is 3.10. The zero-order valence-corrected chi connectivity index (χ0v) is 14.0. The first-order chi connectivity index (χ1) is 11.8. The molecular weight excluding hydrogens is 294 g/mol. The van der Waals surface area contributed by atoms with E-state index in [1.165, 1.54) is 44.6 Å². The van der Waals surface area contributed by atoms with Gasteiger partial charge in [0.25, 0.3) is 0 Å². The van der Waals surface area contributed by atoms with E-state index in [0.717, 1.165) is 17.6 Å². The van der Waals surface area contributed by atoms with Crippen molar-refractivity contribution in [1.29, 1.82) is 0 Å². The van der Waals surface area contributed by atoms with E-state index in [0.29, 0.717) is 0 Å². The third kappa shape index (κ3) is 1.77. The molecule has 0 aliphatic rings. The van der Waals surface area contributed by atoms with Crippen LogP contribution < -0.4 is 0 Å². The topological polar surface area (TPSA) is 18.1 Å². The fourth-order valence-electron chi connectivity index (χ4n) is 3.92. The van der Waals surface area contributed by atoms with Gasteiger partial charge < -0.3 is 8.98 Å². The van der Waals surface area contributed by atoms with Crippen LogP contribution in [0.3, 0.4) is 0 Å². The molecular formula is C22H19NO. The van der Waals surface area contributed by atoms with E-state index in [9.17, 15) is 0 Å². The van der Waals surface area contributed by atoms with Crippen molar-refractivity contribution in [2.24, 2.45) is 7.05 Å². The van der Waals surface area contributed by atoms with Crippen LogP contribution in [0.2, 0.25) is 0 Å². The Bertz CT molecular complexity index is 1220. The summed E-state index contributed by atoms with van der Waals surface area (Å²) >= 11 is 0. The van der Waals surface area contributed by atoms with Gasteiger partial charge in [-0.05, 0) is 42.3 Å². The van der Waals surface area contributed by atoms with E-state index in [1.54, 1.807) is 0 Å². The largest absolute Gasteiger partial charge is 0.456 e. The number of aryl methyl sites for hydroxylation is 2. The fourth-order valence-corrected chi connectivity index (χ4v) is 3.92. The summed E-state index contributed by atoms with van der Waals surface area (Å²) in [5.41, 5.74) is 5.87. The molecule has 0 aliphatic carbocycles. The SMILES string of the molecule is CCCc1ccc2c(c1)c1cc3oc4ccccc4c3cc1n2C. The molecule has 5 aromatic rings. The smallest absolute Gasteiger partial charge is 0.136 e. The van der Waals surface area contributed by atoms with Crippen molar-refractivity contribution in [3.63, 3.8) is 0 Å². The molecule has 0 saturated heterocycles. The molecule has 0 N–H and O–H groups in total. The maximum absolute atomic E-state index is 6.09. The monoisotopic (exact) mass is 313 g/mol. The molecule has 2 heterocycles. The summed E-state index contributed by atoms with van der Waals surface area (Å²) in [7, 11) is 2.15. The van der Waals surface area contributed by atoms with Gasteiger partial charge in [0.15, 0.2) is 0 Å². The third-order valence-corrected chi connectivity index (χ3v) is 5.11. The Labute approximate surface area is 140 Å². The number of hydrogen-bond acceptors (Lipinski definition) is 1. The Hall–Kier alpha value is -2.74. The van der Waals surface area contributed by atoms with Crippen molar-refractivity contribution < 1.29 is 4.42 Å². The lowest BCUT2D eigenvalue weighted by Gasteiger charge is -2.00. The molecule has 0 fully saturated rings. The van der Waals surface area contributed by atoms with Crippen molar-refractivity contribution >= 4 is 43.7 Å². The van der Waals surface area contributed by atoms with Crippen LogP contribution in [-0.4, -0.2) is 4.57 Å². The highest BCUT2D eigenvalue weighted by Crippen LogP contribution is 2.36.